The number of aromatic hydroxyl groups is 2. The number of carboxylic acids is 1. The third-order valence-corrected chi connectivity index (χ3v) is 5.64. The van der Waals surface area contributed by atoms with E-state index in [1.165, 1.54) is 16.8 Å². The second-order valence-corrected chi connectivity index (χ2v) is 7.71. The number of aromatic carboxylic acids is 1. The Balaban J connectivity index is 1.81. The summed E-state index contributed by atoms with van der Waals surface area (Å²) in [7, 11) is 0. The molecule has 8 nitrogen and oxygen atoms in total. The van der Waals surface area contributed by atoms with Crippen LogP contribution in [0.2, 0.25) is 0 Å². The molecule has 0 amide bonds. The molecule has 32 heavy (non-hydrogen) atoms. The van der Waals surface area contributed by atoms with Crippen molar-refractivity contribution in [1.29, 1.82) is 0 Å². The molecule has 0 unspecified atom stereocenters. The molecular formula is C24H22N4O4. The Labute approximate surface area is 184 Å². The van der Waals surface area contributed by atoms with Gasteiger partial charge in [-0.3, -0.25) is 0 Å². The SMILES string of the molecule is Cc1ccc(-n2nc(C)c(N=Nc3c(O)ccc4c(C)c(C(=O)O)ccc34)c2O)cc1C. The van der Waals surface area contributed by atoms with Crippen LogP contribution in [0.4, 0.5) is 11.4 Å². The Kier molecular flexibility index (Phi) is 5.14. The van der Waals surface area contributed by atoms with Crippen molar-refractivity contribution in [2.75, 3.05) is 0 Å². The molecule has 1 heterocycles. The zero-order valence-corrected chi connectivity index (χ0v) is 18.1. The summed E-state index contributed by atoms with van der Waals surface area (Å²) in [4.78, 5) is 11.4. The van der Waals surface area contributed by atoms with Gasteiger partial charge in [0.15, 0.2) is 5.69 Å². The summed E-state index contributed by atoms with van der Waals surface area (Å²) >= 11 is 0. The summed E-state index contributed by atoms with van der Waals surface area (Å²) in [6.45, 7) is 7.39. The molecule has 8 heteroatoms. The standard InChI is InChI=1S/C24H22N4O4/c1-12-5-6-16(11-13(12)2)28-23(30)21(15(4)27-28)25-26-22-19-8-7-18(24(31)32)14(3)17(19)9-10-20(22)29/h5-11,29-30H,1-4H3,(H,31,32). The predicted molar refractivity (Wildman–Crippen MR) is 121 cm³/mol. The van der Waals surface area contributed by atoms with E-state index in [-0.39, 0.29) is 28.6 Å². The van der Waals surface area contributed by atoms with E-state index in [1.807, 2.05) is 32.0 Å². The lowest BCUT2D eigenvalue weighted by Gasteiger charge is -2.09. The van der Waals surface area contributed by atoms with Gasteiger partial charge in [0.05, 0.1) is 16.9 Å². The van der Waals surface area contributed by atoms with Crippen LogP contribution in [0.3, 0.4) is 0 Å². The van der Waals surface area contributed by atoms with Crippen LogP contribution in [0, 0.1) is 27.7 Å². The Bertz CT molecular complexity index is 1420. The van der Waals surface area contributed by atoms with Crippen molar-refractivity contribution >= 4 is 28.1 Å². The molecular weight excluding hydrogens is 408 g/mol. The molecule has 0 atom stereocenters. The Morgan fingerprint density at radius 3 is 2.25 bits per heavy atom. The van der Waals surface area contributed by atoms with Gasteiger partial charge in [-0.25, -0.2) is 4.79 Å². The number of aromatic nitrogens is 2. The van der Waals surface area contributed by atoms with Gasteiger partial charge in [0.25, 0.3) is 0 Å². The fourth-order valence-electron chi connectivity index (χ4n) is 3.63. The maximum Gasteiger partial charge on any atom is 0.335 e. The van der Waals surface area contributed by atoms with E-state index in [1.54, 1.807) is 26.0 Å². The van der Waals surface area contributed by atoms with Gasteiger partial charge in [-0.05, 0) is 74.0 Å². The first-order chi connectivity index (χ1) is 15.2. The Morgan fingerprint density at radius 2 is 1.56 bits per heavy atom. The molecule has 0 aliphatic heterocycles. The molecule has 0 spiro atoms. The molecule has 4 rings (SSSR count). The summed E-state index contributed by atoms with van der Waals surface area (Å²) in [6.07, 6.45) is 0. The molecule has 162 valence electrons. The van der Waals surface area contributed by atoms with Crippen molar-refractivity contribution in [3.8, 4) is 17.3 Å². The lowest BCUT2D eigenvalue weighted by molar-refractivity contribution is 0.0696. The maximum atomic E-state index is 11.4. The number of azo groups is 1. The highest BCUT2D eigenvalue weighted by Crippen LogP contribution is 2.40. The van der Waals surface area contributed by atoms with Crippen LogP contribution in [0.25, 0.3) is 16.5 Å². The van der Waals surface area contributed by atoms with Gasteiger partial charge >= 0.3 is 5.97 Å². The first-order valence-corrected chi connectivity index (χ1v) is 9.95. The Morgan fingerprint density at radius 1 is 0.875 bits per heavy atom. The van der Waals surface area contributed by atoms with Gasteiger partial charge < -0.3 is 15.3 Å². The zero-order chi connectivity index (χ0) is 23.2. The highest BCUT2D eigenvalue weighted by Gasteiger charge is 2.18. The molecule has 0 saturated heterocycles. The van der Waals surface area contributed by atoms with Gasteiger partial charge in [0, 0.05) is 5.39 Å². The number of hydrogen-bond donors (Lipinski definition) is 3. The number of aryl methyl sites for hydroxylation is 4. The summed E-state index contributed by atoms with van der Waals surface area (Å²) in [5.74, 6) is -1.30. The maximum absolute atomic E-state index is 11.4. The minimum Gasteiger partial charge on any atom is -0.506 e. The smallest absolute Gasteiger partial charge is 0.335 e. The summed E-state index contributed by atoms with van der Waals surface area (Å²) in [6, 6.07) is 11.9. The average molecular weight is 430 g/mol. The highest BCUT2D eigenvalue weighted by atomic mass is 16.4. The largest absolute Gasteiger partial charge is 0.506 e. The van der Waals surface area contributed by atoms with Crippen LogP contribution in [0.5, 0.6) is 11.6 Å². The van der Waals surface area contributed by atoms with Crippen LogP contribution in [0.1, 0.15) is 32.7 Å². The third-order valence-electron chi connectivity index (χ3n) is 5.64. The van der Waals surface area contributed by atoms with Crippen molar-refractivity contribution < 1.29 is 20.1 Å². The number of benzene rings is 3. The minimum atomic E-state index is -1.03. The molecule has 3 aromatic carbocycles. The normalized spacial score (nSPS) is 11.5. The zero-order valence-electron chi connectivity index (χ0n) is 18.1. The second kappa shape index (κ2) is 7.81. The number of carbonyl (C=O) groups is 1. The second-order valence-electron chi connectivity index (χ2n) is 7.71. The molecule has 0 radical (unpaired) electrons. The van der Waals surface area contributed by atoms with E-state index >= 15 is 0 Å². The molecule has 0 saturated carbocycles. The summed E-state index contributed by atoms with van der Waals surface area (Å²) in [5, 5.41) is 44.4. The first-order valence-electron chi connectivity index (χ1n) is 9.95. The van der Waals surface area contributed by atoms with Crippen LogP contribution < -0.4 is 0 Å². The van der Waals surface area contributed by atoms with Crippen LogP contribution in [-0.2, 0) is 0 Å². The summed E-state index contributed by atoms with van der Waals surface area (Å²) in [5.41, 5.74) is 4.45. The van der Waals surface area contributed by atoms with Crippen molar-refractivity contribution in [2.45, 2.75) is 27.7 Å². The van der Waals surface area contributed by atoms with E-state index in [0.29, 0.717) is 27.7 Å². The lowest BCUT2D eigenvalue weighted by atomic mass is 9.99. The van der Waals surface area contributed by atoms with E-state index in [9.17, 15) is 20.1 Å². The molecule has 3 N–H and O–H groups in total. The predicted octanol–water partition coefficient (Wildman–Crippen LogP) is 5.78. The van der Waals surface area contributed by atoms with Crippen molar-refractivity contribution in [1.82, 2.24) is 9.78 Å². The van der Waals surface area contributed by atoms with Crippen LogP contribution in [-0.4, -0.2) is 31.1 Å². The topological polar surface area (TPSA) is 120 Å². The molecule has 0 fully saturated rings. The van der Waals surface area contributed by atoms with Gasteiger partial charge in [0.1, 0.15) is 11.4 Å². The van der Waals surface area contributed by atoms with E-state index in [0.717, 1.165) is 11.1 Å². The molecule has 0 bridgehead atoms. The van der Waals surface area contributed by atoms with E-state index in [2.05, 4.69) is 15.3 Å². The Hall–Kier alpha value is -4.20. The van der Waals surface area contributed by atoms with Gasteiger partial charge in [0.2, 0.25) is 5.88 Å². The average Bonchev–Trinajstić information content (AvgIpc) is 3.03. The van der Waals surface area contributed by atoms with E-state index < -0.39 is 5.97 Å². The van der Waals surface area contributed by atoms with Crippen molar-refractivity contribution in [3.05, 3.63) is 70.4 Å². The van der Waals surface area contributed by atoms with Gasteiger partial charge in [-0.1, -0.05) is 18.2 Å². The van der Waals surface area contributed by atoms with Crippen LogP contribution >= 0.6 is 0 Å². The van der Waals surface area contributed by atoms with Gasteiger partial charge in [-0.15, -0.1) is 10.2 Å². The number of phenolic OH excluding ortho intramolecular Hbond substituents is 1. The number of carboxylic acid groups (broad SMARTS) is 1. The van der Waals surface area contributed by atoms with E-state index in [4.69, 9.17) is 0 Å². The number of rotatable bonds is 4. The monoisotopic (exact) mass is 430 g/mol. The minimum absolute atomic E-state index is 0.109. The fraction of sp³-hybridized carbons (Fsp3) is 0.167. The van der Waals surface area contributed by atoms with Gasteiger partial charge in [-0.2, -0.15) is 9.78 Å². The number of nitrogens with zero attached hydrogens (tertiary/aromatic N) is 4. The molecule has 0 aliphatic rings. The number of phenols is 1. The first kappa shape index (κ1) is 21.0. The third kappa shape index (κ3) is 3.45. The van der Waals surface area contributed by atoms with Crippen molar-refractivity contribution in [3.63, 3.8) is 0 Å². The summed E-state index contributed by atoms with van der Waals surface area (Å²) < 4.78 is 1.39. The van der Waals surface area contributed by atoms with Crippen molar-refractivity contribution in [2.24, 2.45) is 10.2 Å². The van der Waals surface area contributed by atoms with Crippen LogP contribution in [0.15, 0.2) is 52.7 Å². The number of fused-ring (bicyclic) bond motifs is 1. The fourth-order valence-corrected chi connectivity index (χ4v) is 3.63. The highest BCUT2D eigenvalue weighted by molar-refractivity contribution is 6.02. The molecule has 0 aliphatic carbocycles. The quantitative estimate of drug-likeness (QED) is 0.354. The molecule has 4 aromatic rings. The lowest BCUT2D eigenvalue weighted by Crippen LogP contribution is -1.99. The molecule has 1 aromatic heterocycles. The number of hydrogen-bond acceptors (Lipinski definition) is 6.